The number of hydrogen-bond acceptors (Lipinski definition) is 1. The molecule has 0 radical (unpaired) electrons. The lowest BCUT2D eigenvalue weighted by Crippen LogP contribution is -2.28. The van der Waals surface area contributed by atoms with Gasteiger partial charge in [-0.15, -0.1) is 0 Å². The van der Waals surface area contributed by atoms with E-state index in [1.165, 1.54) is 38.5 Å². The van der Waals surface area contributed by atoms with E-state index in [4.69, 9.17) is 4.74 Å². The maximum atomic E-state index is 5.47. The monoisotopic (exact) mass is 232 g/mol. The van der Waals surface area contributed by atoms with Gasteiger partial charge < -0.3 is 4.74 Å². The highest BCUT2D eigenvalue weighted by Crippen LogP contribution is 2.51. The Hall–Kier alpha value is -0.820. The molecule has 0 amide bonds. The molecule has 0 bridgehead atoms. The summed E-state index contributed by atoms with van der Waals surface area (Å²) in [6.45, 7) is 6.04. The predicted molar refractivity (Wildman–Crippen MR) is 73.0 cm³/mol. The lowest BCUT2D eigenvalue weighted by molar-refractivity contribution is 0.0297. The minimum Gasteiger partial charge on any atom is -0.381 e. The molecule has 1 spiro atoms. The molecule has 2 aliphatic rings. The first-order valence-electron chi connectivity index (χ1n) is 6.70. The Balaban J connectivity index is 1.99. The van der Waals surface area contributed by atoms with Crippen molar-refractivity contribution in [3.8, 4) is 0 Å². The van der Waals surface area contributed by atoms with E-state index in [1.807, 2.05) is 13.2 Å². The van der Waals surface area contributed by atoms with Gasteiger partial charge in [0.05, 0.1) is 6.10 Å². The minimum absolute atomic E-state index is 0.508. The highest BCUT2D eigenvalue weighted by molar-refractivity contribution is 5.33. The van der Waals surface area contributed by atoms with Gasteiger partial charge in [-0.3, -0.25) is 0 Å². The maximum absolute atomic E-state index is 5.47. The molecule has 1 heteroatoms. The molecule has 1 fully saturated rings. The van der Waals surface area contributed by atoms with E-state index in [0.29, 0.717) is 11.5 Å². The summed E-state index contributed by atoms with van der Waals surface area (Å²) in [5.74, 6) is 0. The van der Waals surface area contributed by atoms with Gasteiger partial charge in [0, 0.05) is 7.11 Å². The van der Waals surface area contributed by atoms with Crippen LogP contribution in [0.5, 0.6) is 0 Å². The molecule has 94 valence electrons. The molecule has 0 saturated heterocycles. The Morgan fingerprint density at radius 1 is 1.29 bits per heavy atom. The van der Waals surface area contributed by atoms with E-state index in [1.54, 1.807) is 11.1 Å². The van der Waals surface area contributed by atoms with Gasteiger partial charge in [-0.25, -0.2) is 0 Å². The first-order valence-corrected chi connectivity index (χ1v) is 6.70. The SMILES string of the molecule is C=C/C=C\C1=C(C)CC2(CCC(OC)CC2)C1. The highest BCUT2D eigenvalue weighted by atomic mass is 16.5. The average molecular weight is 232 g/mol. The summed E-state index contributed by atoms with van der Waals surface area (Å²) in [5.41, 5.74) is 3.68. The third-order valence-electron chi connectivity index (χ3n) is 4.51. The van der Waals surface area contributed by atoms with Crippen LogP contribution < -0.4 is 0 Å². The van der Waals surface area contributed by atoms with Crippen LogP contribution >= 0.6 is 0 Å². The van der Waals surface area contributed by atoms with Crippen molar-refractivity contribution in [2.24, 2.45) is 5.41 Å². The van der Waals surface area contributed by atoms with E-state index < -0.39 is 0 Å². The van der Waals surface area contributed by atoms with Crippen molar-refractivity contribution >= 4 is 0 Å². The van der Waals surface area contributed by atoms with Crippen molar-refractivity contribution in [2.75, 3.05) is 7.11 Å². The third-order valence-corrected chi connectivity index (χ3v) is 4.51. The van der Waals surface area contributed by atoms with Crippen molar-refractivity contribution in [1.82, 2.24) is 0 Å². The van der Waals surface area contributed by atoms with Crippen LogP contribution in [-0.4, -0.2) is 13.2 Å². The summed E-state index contributed by atoms with van der Waals surface area (Å²) < 4.78 is 5.47. The Kier molecular flexibility index (Phi) is 3.88. The fraction of sp³-hybridized carbons (Fsp3) is 0.625. The number of allylic oxidation sites excluding steroid dienone is 5. The van der Waals surface area contributed by atoms with Crippen molar-refractivity contribution in [2.45, 2.75) is 51.6 Å². The van der Waals surface area contributed by atoms with Gasteiger partial charge in [0.1, 0.15) is 0 Å². The van der Waals surface area contributed by atoms with Gasteiger partial charge in [-0.05, 0) is 56.4 Å². The van der Waals surface area contributed by atoms with Crippen LogP contribution in [0.1, 0.15) is 45.4 Å². The van der Waals surface area contributed by atoms with Crippen molar-refractivity contribution in [1.29, 1.82) is 0 Å². The molecule has 0 aromatic carbocycles. The molecule has 2 aliphatic carbocycles. The lowest BCUT2D eigenvalue weighted by Gasteiger charge is -2.37. The lowest BCUT2D eigenvalue weighted by atomic mass is 9.70. The molecule has 2 rings (SSSR count). The Morgan fingerprint density at radius 3 is 2.59 bits per heavy atom. The van der Waals surface area contributed by atoms with Crippen molar-refractivity contribution in [3.05, 3.63) is 36.0 Å². The summed E-state index contributed by atoms with van der Waals surface area (Å²) in [6, 6.07) is 0. The van der Waals surface area contributed by atoms with E-state index in [0.717, 1.165) is 0 Å². The minimum atomic E-state index is 0.508. The molecule has 17 heavy (non-hydrogen) atoms. The molecular formula is C16H24O. The second-order valence-corrected chi connectivity index (χ2v) is 5.69. The molecule has 1 nitrogen and oxygen atoms in total. The normalized spacial score (nSPS) is 33.9. The number of hydrogen-bond donors (Lipinski definition) is 0. The molecule has 0 aromatic heterocycles. The van der Waals surface area contributed by atoms with E-state index >= 15 is 0 Å². The second-order valence-electron chi connectivity index (χ2n) is 5.69. The van der Waals surface area contributed by atoms with Crippen LogP contribution in [-0.2, 0) is 4.74 Å². The van der Waals surface area contributed by atoms with Gasteiger partial charge in [0.2, 0.25) is 0 Å². The second kappa shape index (κ2) is 5.22. The molecule has 0 atom stereocenters. The van der Waals surface area contributed by atoms with Crippen molar-refractivity contribution < 1.29 is 4.74 Å². The van der Waals surface area contributed by atoms with Gasteiger partial charge in [-0.2, -0.15) is 0 Å². The van der Waals surface area contributed by atoms with Gasteiger partial charge >= 0.3 is 0 Å². The van der Waals surface area contributed by atoms with E-state index in [9.17, 15) is 0 Å². The zero-order valence-electron chi connectivity index (χ0n) is 11.2. The number of rotatable bonds is 3. The van der Waals surface area contributed by atoms with Crippen LogP contribution in [0, 0.1) is 5.41 Å². The topological polar surface area (TPSA) is 9.23 Å². The molecule has 1 saturated carbocycles. The van der Waals surface area contributed by atoms with Gasteiger partial charge in [-0.1, -0.05) is 30.4 Å². The third kappa shape index (κ3) is 2.71. The summed E-state index contributed by atoms with van der Waals surface area (Å²) in [7, 11) is 1.85. The molecule has 0 N–H and O–H groups in total. The summed E-state index contributed by atoms with van der Waals surface area (Å²) in [6.07, 6.45) is 14.4. The standard InChI is InChI=1S/C16H24O/c1-4-5-6-14-12-16(11-13(14)2)9-7-15(17-3)8-10-16/h4-6,15H,1,7-12H2,2-3H3/b6-5-. The molecule has 0 aromatic rings. The van der Waals surface area contributed by atoms with E-state index in [-0.39, 0.29) is 0 Å². The first kappa shape index (κ1) is 12.6. The Morgan fingerprint density at radius 2 is 2.00 bits per heavy atom. The van der Waals surface area contributed by atoms with Crippen molar-refractivity contribution in [3.63, 3.8) is 0 Å². The predicted octanol–water partition coefficient (Wildman–Crippen LogP) is 4.41. The van der Waals surface area contributed by atoms with Gasteiger partial charge in [0.25, 0.3) is 0 Å². The van der Waals surface area contributed by atoms with Crippen LogP contribution in [0.3, 0.4) is 0 Å². The zero-order chi connectivity index (χ0) is 12.3. The van der Waals surface area contributed by atoms with E-state index in [2.05, 4.69) is 25.7 Å². The molecule has 0 heterocycles. The summed E-state index contributed by atoms with van der Waals surface area (Å²) in [4.78, 5) is 0. The smallest absolute Gasteiger partial charge is 0.0571 e. The Bertz CT molecular complexity index is 341. The number of ether oxygens (including phenoxy) is 1. The van der Waals surface area contributed by atoms with Crippen LogP contribution in [0.4, 0.5) is 0 Å². The van der Waals surface area contributed by atoms with Gasteiger partial charge in [0.15, 0.2) is 0 Å². The quantitative estimate of drug-likeness (QED) is 0.655. The van der Waals surface area contributed by atoms with Crippen LogP contribution in [0.15, 0.2) is 36.0 Å². The first-order chi connectivity index (χ1) is 8.19. The summed E-state index contributed by atoms with van der Waals surface area (Å²) >= 11 is 0. The molecule has 0 unspecified atom stereocenters. The zero-order valence-corrected chi connectivity index (χ0v) is 11.2. The fourth-order valence-corrected chi connectivity index (χ4v) is 3.47. The molecular weight excluding hydrogens is 208 g/mol. The number of methoxy groups -OCH3 is 1. The molecule has 0 aliphatic heterocycles. The Labute approximate surface area is 105 Å². The largest absolute Gasteiger partial charge is 0.381 e. The summed E-state index contributed by atoms with van der Waals surface area (Å²) in [5, 5.41) is 0. The van der Waals surface area contributed by atoms with Crippen LogP contribution in [0.25, 0.3) is 0 Å². The highest BCUT2D eigenvalue weighted by Gasteiger charge is 2.39. The average Bonchev–Trinajstić information content (AvgIpc) is 2.64. The fourth-order valence-electron chi connectivity index (χ4n) is 3.47. The maximum Gasteiger partial charge on any atom is 0.0571 e. The van der Waals surface area contributed by atoms with Crippen LogP contribution in [0.2, 0.25) is 0 Å².